The Morgan fingerprint density at radius 2 is 2.00 bits per heavy atom. The maximum Gasteiger partial charge on any atom is 0.256 e. The predicted molar refractivity (Wildman–Crippen MR) is 77.4 cm³/mol. The number of phenols is 2. The van der Waals surface area contributed by atoms with Gasteiger partial charge in [-0.1, -0.05) is 12.1 Å². The van der Waals surface area contributed by atoms with Crippen molar-refractivity contribution in [3.63, 3.8) is 0 Å². The van der Waals surface area contributed by atoms with E-state index in [4.69, 9.17) is 5.26 Å². The van der Waals surface area contributed by atoms with E-state index in [1.54, 1.807) is 18.2 Å². The molecule has 0 fully saturated rings. The van der Waals surface area contributed by atoms with E-state index in [1.807, 2.05) is 6.07 Å². The Balaban J connectivity index is 2.17. The fourth-order valence-electron chi connectivity index (χ4n) is 2.26. The zero-order chi connectivity index (χ0) is 15.0. The average Bonchev–Trinajstić information content (AvgIpc) is 2.79. The van der Waals surface area contributed by atoms with Crippen LogP contribution in [0.15, 0.2) is 36.4 Å². The molecule has 1 aliphatic heterocycles. The number of carbonyl (C=O) groups is 1. The lowest BCUT2D eigenvalue weighted by atomic mass is 10.0. The number of nitriles is 1. The van der Waals surface area contributed by atoms with Gasteiger partial charge in [-0.3, -0.25) is 4.79 Å². The first kappa shape index (κ1) is 12.8. The van der Waals surface area contributed by atoms with Crippen molar-refractivity contribution in [1.82, 2.24) is 0 Å². The van der Waals surface area contributed by atoms with E-state index < -0.39 is 0 Å². The number of hydrogen-bond donors (Lipinski definition) is 3. The number of anilines is 1. The number of fused-ring (bicyclic) bond motifs is 1. The van der Waals surface area contributed by atoms with Crippen LogP contribution in [0, 0.1) is 11.3 Å². The summed E-state index contributed by atoms with van der Waals surface area (Å²) < 4.78 is 0. The third-order valence-electron chi connectivity index (χ3n) is 3.27. The molecule has 0 unspecified atom stereocenters. The second-order valence-corrected chi connectivity index (χ2v) is 4.60. The van der Waals surface area contributed by atoms with Gasteiger partial charge in [-0.15, -0.1) is 0 Å². The van der Waals surface area contributed by atoms with Crippen molar-refractivity contribution in [2.45, 2.75) is 0 Å². The lowest BCUT2D eigenvalue weighted by molar-refractivity contribution is -0.110. The number of carbonyl (C=O) groups excluding carboxylic acids is 1. The molecule has 0 bridgehead atoms. The van der Waals surface area contributed by atoms with E-state index in [0.29, 0.717) is 28.0 Å². The molecule has 0 saturated carbocycles. The quantitative estimate of drug-likeness (QED) is 0.551. The van der Waals surface area contributed by atoms with Crippen LogP contribution in [0.5, 0.6) is 11.5 Å². The molecule has 0 radical (unpaired) electrons. The molecule has 1 heterocycles. The number of nitrogens with zero attached hydrogens (tertiary/aromatic N) is 1. The van der Waals surface area contributed by atoms with Crippen molar-refractivity contribution >= 4 is 23.2 Å². The fourth-order valence-corrected chi connectivity index (χ4v) is 2.26. The summed E-state index contributed by atoms with van der Waals surface area (Å²) in [5.74, 6) is -0.405. The number of benzene rings is 2. The van der Waals surface area contributed by atoms with Gasteiger partial charge in [0, 0.05) is 16.7 Å². The van der Waals surface area contributed by atoms with Gasteiger partial charge in [-0.25, -0.2) is 0 Å². The Kier molecular flexibility index (Phi) is 2.85. The highest BCUT2D eigenvalue weighted by Gasteiger charge is 2.26. The Bertz CT molecular complexity index is 832. The molecule has 21 heavy (non-hydrogen) atoms. The van der Waals surface area contributed by atoms with Crippen molar-refractivity contribution in [2.75, 3.05) is 5.32 Å². The minimum Gasteiger partial charge on any atom is -0.508 e. The number of aromatic hydroxyl groups is 2. The van der Waals surface area contributed by atoms with Gasteiger partial charge in [-0.05, 0) is 30.3 Å². The van der Waals surface area contributed by atoms with Crippen LogP contribution in [-0.2, 0) is 4.79 Å². The highest BCUT2D eigenvalue weighted by atomic mass is 16.3. The summed E-state index contributed by atoms with van der Waals surface area (Å²) >= 11 is 0. The van der Waals surface area contributed by atoms with Crippen LogP contribution >= 0.6 is 0 Å². The van der Waals surface area contributed by atoms with Crippen LogP contribution < -0.4 is 5.32 Å². The van der Waals surface area contributed by atoms with Crippen molar-refractivity contribution < 1.29 is 15.0 Å². The zero-order valence-corrected chi connectivity index (χ0v) is 10.8. The first-order valence-corrected chi connectivity index (χ1v) is 6.18. The lowest BCUT2D eigenvalue weighted by Crippen LogP contribution is -2.04. The van der Waals surface area contributed by atoms with Gasteiger partial charge < -0.3 is 15.5 Å². The molecule has 2 aromatic rings. The molecule has 0 saturated heterocycles. The van der Waals surface area contributed by atoms with E-state index in [-0.39, 0.29) is 17.4 Å². The summed E-state index contributed by atoms with van der Waals surface area (Å²) in [6, 6.07) is 11.1. The topological polar surface area (TPSA) is 93.4 Å². The highest BCUT2D eigenvalue weighted by Crippen LogP contribution is 2.36. The minimum absolute atomic E-state index is 0.0101. The van der Waals surface area contributed by atoms with Crippen LogP contribution in [0.25, 0.3) is 11.6 Å². The number of para-hydroxylation sites is 1. The summed E-state index contributed by atoms with van der Waals surface area (Å²) in [4.78, 5) is 12.1. The van der Waals surface area contributed by atoms with Crippen molar-refractivity contribution in [3.8, 4) is 17.6 Å². The standard InChI is InChI=1S/C16H10N2O3/c17-8-9-2-1-3-12-13(16(21)18-15(9)12)7-10-6-11(19)4-5-14(10)20/h1-7,19-20H,(H,18,21)/b13-7+. The smallest absolute Gasteiger partial charge is 0.256 e. The molecule has 0 aromatic heterocycles. The molecule has 1 amide bonds. The van der Waals surface area contributed by atoms with E-state index in [9.17, 15) is 15.0 Å². The first-order valence-electron chi connectivity index (χ1n) is 6.18. The second kappa shape index (κ2) is 4.69. The number of nitrogens with one attached hydrogen (secondary N) is 1. The number of rotatable bonds is 1. The molecular formula is C16H10N2O3. The predicted octanol–water partition coefficient (Wildman–Crippen LogP) is 2.46. The fraction of sp³-hybridized carbons (Fsp3) is 0. The summed E-state index contributed by atoms with van der Waals surface area (Å²) in [7, 11) is 0. The molecule has 102 valence electrons. The normalized spacial score (nSPS) is 14.6. The maximum atomic E-state index is 12.1. The Morgan fingerprint density at radius 1 is 1.19 bits per heavy atom. The molecule has 3 rings (SSSR count). The van der Waals surface area contributed by atoms with E-state index in [2.05, 4.69) is 5.32 Å². The molecule has 0 aliphatic carbocycles. The van der Waals surface area contributed by atoms with Crippen molar-refractivity contribution in [1.29, 1.82) is 5.26 Å². The molecule has 5 nitrogen and oxygen atoms in total. The van der Waals surface area contributed by atoms with Crippen molar-refractivity contribution in [3.05, 3.63) is 53.1 Å². The third-order valence-corrected chi connectivity index (χ3v) is 3.27. The highest BCUT2D eigenvalue weighted by molar-refractivity contribution is 6.35. The van der Waals surface area contributed by atoms with Gasteiger partial charge in [0.25, 0.3) is 5.91 Å². The van der Waals surface area contributed by atoms with Crippen LogP contribution in [0.4, 0.5) is 5.69 Å². The van der Waals surface area contributed by atoms with Gasteiger partial charge in [0.15, 0.2) is 0 Å². The second-order valence-electron chi connectivity index (χ2n) is 4.60. The number of amides is 1. The van der Waals surface area contributed by atoms with E-state index >= 15 is 0 Å². The first-order chi connectivity index (χ1) is 10.1. The lowest BCUT2D eigenvalue weighted by Gasteiger charge is -2.02. The molecule has 3 N–H and O–H groups in total. The molecule has 0 spiro atoms. The Morgan fingerprint density at radius 3 is 2.76 bits per heavy atom. The van der Waals surface area contributed by atoms with Crippen LogP contribution in [0.3, 0.4) is 0 Å². The van der Waals surface area contributed by atoms with Gasteiger partial charge >= 0.3 is 0 Å². The van der Waals surface area contributed by atoms with E-state index in [1.165, 1.54) is 24.3 Å². The van der Waals surface area contributed by atoms with Crippen LogP contribution in [0.2, 0.25) is 0 Å². The molecule has 0 atom stereocenters. The molecule has 1 aliphatic rings. The van der Waals surface area contributed by atoms with Crippen LogP contribution in [0.1, 0.15) is 16.7 Å². The van der Waals surface area contributed by atoms with Crippen LogP contribution in [-0.4, -0.2) is 16.1 Å². The molecular weight excluding hydrogens is 268 g/mol. The summed E-state index contributed by atoms with van der Waals surface area (Å²) in [6.07, 6.45) is 1.48. The summed E-state index contributed by atoms with van der Waals surface area (Å²) in [5.41, 5.74) is 2.11. The van der Waals surface area contributed by atoms with Crippen molar-refractivity contribution in [2.24, 2.45) is 0 Å². The Hall–Kier alpha value is -3.26. The van der Waals surface area contributed by atoms with Gasteiger partial charge in [0.2, 0.25) is 0 Å². The zero-order valence-electron chi connectivity index (χ0n) is 10.8. The summed E-state index contributed by atoms with van der Waals surface area (Å²) in [6.45, 7) is 0. The van der Waals surface area contributed by atoms with Gasteiger partial charge in [0.05, 0.1) is 11.3 Å². The minimum atomic E-state index is -0.351. The largest absolute Gasteiger partial charge is 0.508 e. The molecule has 2 aromatic carbocycles. The maximum absolute atomic E-state index is 12.1. The van der Waals surface area contributed by atoms with Gasteiger partial charge in [0.1, 0.15) is 17.6 Å². The summed E-state index contributed by atoms with van der Waals surface area (Å²) in [5, 5.41) is 31.0. The number of hydrogen-bond acceptors (Lipinski definition) is 4. The third kappa shape index (κ3) is 2.09. The SMILES string of the molecule is N#Cc1cccc2c1NC(=O)/C2=C/c1cc(O)ccc1O. The Labute approximate surface area is 120 Å². The monoisotopic (exact) mass is 278 g/mol. The van der Waals surface area contributed by atoms with Gasteiger partial charge in [-0.2, -0.15) is 5.26 Å². The number of phenolic OH excluding ortho intramolecular Hbond substituents is 2. The van der Waals surface area contributed by atoms with E-state index in [0.717, 1.165) is 0 Å². The average molecular weight is 278 g/mol. The molecule has 5 heteroatoms.